The number of halogens is 3. The number of aromatic nitrogens is 1. The maximum absolute atomic E-state index is 12.9. The lowest BCUT2D eigenvalue weighted by Gasteiger charge is -2.19. The Morgan fingerprint density at radius 3 is 2.60 bits per heavy atom. The fourth-order valence-corrected chi connectivity index (χ4v) is 2.73. The summed E-state index contributed by atoms with van der Waals surface area (Å²) in [6, 6.07) is 5.28. The smallest absolute Gasteiger partial charge is 0.305 e. The van der Waals surface area contributed by atoms with Gasteiger partial charge in [0.15, 0.2) is 0 Å². The minimum absolute atomic E-state index is 0.265. The van der Waals surface area contributed by atoms with E-state index in [2.05, 4.69) is 10.3 Å². The minimum atomic E-state index is -4.33. The predicted molar refractivity (Wildman–Crippen MR) is 73.5 cm³/mol. The second-order valence-corrected chi connectivity index (χ2v) is 5.85. The molecule has 1 unspecified atom stereocenters. The van der Waals surface area contributed by atoms with Crippen molar-refractivity contribution in [2.75, 3.05) is 0 Å². The SMILES string of the molecule is Cc1ncc(CNC(C)c2ccccc2C(F)(F)F)s1. The van der Waals surface area contributed by atoms with Crippen molar-refractivity contribution in [1.82, 2.24) is 10.3 Å². The van der Waals surface area contributed by atoms with Crippen molar-refractivity contribution in [3.63, 3.8) is 0 Å². The standard InChI is InChI=1S/C14H15F3N2S/c1-9(18-7-11-8-19-10(2)20-11)12-5-3-4-6-13(12)14(15,16)17/h3-6,8-9,18H,7H2,1-2H3. The van der Waals surface area contributed by atoms with Gasteiger partial charge in [0, 0.05) is 23.7 Å². The summed E-state index contributed by atoms with van der Waals surface area (Å²) in [7, 11) is 0. The van der Waals surface area contributed by atoms with Crippen molar-refractivity contribution in [3.05, 3.63) is 51.5 Å². The average molecular weight is 300 g/mol. The van der Waals surface area contributed by atoms with Crippen LogP contribution in [0.3, 0.4) is 0 Å². The zero-order valence-corrected chi connectivity index (χ0v) is 12.0. The highest BCUT2D eigenvalue weighted by Crippen LogP contribution is 2.34. The lowest BCUT2D eigenvalue weighted by Crippen LogP contribution is -2.21. The molecule has 0 aliphatic carbocycles. The van der Waals surface area contributed by atoms with Gasteiger partial charge in [0.05, 0.1) is 10.6 Å². The summed E-state index contributed by atoms with van der Waals surface area (Å²) >= 11 is 1.54. The maximum atomic E-state index is 12.9. The second-order valence-electron chi connectivity index (χ2n) is 4.53. The molecule has 1 aromatic carbocycles. The van der Waals surface area contributed by atoms with Crippen LogP contribution in [0.2, 0.25) is 0 Å². The fourth-order valence-electron chi connectivity index (χ4n) is 1.98. The fraction of sp³-hybridized carbons (Fsp3) is 0.357. The highest BCUT2D eigenvalue weighted by molar-refractivity contribution is 7.11. The molecule has 0 radical (unpaired) electrons. The molecule has 0 saturated carbocycles. The summed E-state index contributed by atoms with van der Waals surface area (Å²) < 4.78 is 38.8. The molecule has 1 N–H and O–H groups in total. The summed E-state index contributed by atoms with van der Waals surface area (Å²) in [5.74, 6) is 0. The van der Waals surface area contributed by atoms with Crippen molar-refractivity contribution in [2.45, 2.75) is 32.6 Å². The van der Waals surface area contributed by atoms with Crippen molar-refractivity contribution in [3.8, 4) is 0 Å². The second kappa shape index (κ2) is 5.93. The van der Waals surface area contributed by atoms with E-state index in [1.54, 1.807) is 19.2 Å². The lowest BCUT2D eigenvalue weighted by atomic mass is 10.0. The zero-order valence-electron chi connectivity index (χ0n) is 11.2. The van der Waals surface area contributed by atoms with E-state index in [1.165, 1.54) is 23.5 Å². The van der Waals surface area contributed by atoms with Gasteiger partial charge in [-0.3, -0.25) is 0 Å². The van der Waals surface area contributed by atoms with E-state index in [-0.39, 0.29) is 11.6 Å². The Morgan fingerprint density at radius 2 is 2.00 bits per heavy atom. The van der Waals surface area contributed by atoms with Crippen LogP contribution in [0.15, 0.2) is 30.5 Å². The highest BCUT2D eigenvalue weighted by Gasteiger charge is 2.33. The molecule has 2 rings (SSSR count). The lowest BCUT2D eigenvalue weighted by molar-refractivity contribution is -0.138. The molecule has 2 aromatic rings. The van der Waals surface area contributed by atoms with E-state index in [0.29, 0.717) is 6.54 Å². The molecule has 0 saturated heterocycles. The summed E-state index contributed by atoms with van der Waals surface area (Å²) in [5.41, 5.74) is -0.318. The van der Waals surface area contributed by atoms with Gasteiger partial charge in [-0.1, -0.05) is 18.2 Å². The van der Waals surface area contributed by atoms with Crippen molar-refractivity contribution < 1.29 is 13.2 Å². The number of hydrogen-bond acceptors (Lipinski definition) is 3. The van der Waals surface area contributed by atoms with Crippen LogP contribution >= 0.6 is 11.3 Å². The molecule has 1 atom stereocenters. The van der Waals surface area contributed by atoms with Gasteiger partial charge in [-0.05, 0) is 25.5 Å². The number of rotatable bonds is 4. The third kappa shape index (κ3) is 3.58. The first kappa shape index (κ1) is 15.0. The Labute approximate surface area is 119 Å². The van der Waals surface area contributed by atoms with Gasteiger partial charge in [-0.25, -0.2) is 4.98 Å². The quantitative estimate of drug-likeness (QED) is 0.909. The van der Waals surface area contributed by atoms with Gasteiger partial charge in [0.25, 0.3) is 0 Å². The maximum Gasteiger partial charge on any atom is 0.416 e. The molecule has 0 bridgehead atoms. The molecule has 0 aliphatic heterocycles. The van der Waals surface area contributed by atoms with Crippen LogP contribution in [0.5, 0.6) is 0 Å². The monoisotopic (exact) mass is 300 g/mol. The first-order valence-corrected chi connectivity index (χ1v) is 7.00. The van der Waals surface area contributed by atoms with Gasteiger partial charge in [-0.2, -0.15) is 13.2 Å². The van der Waals surface area contributed by atoms with Gasteiger partial charge < -0.3 is 5.32 Å². The topological polar surface area (TPSA) is 24.9 Å². The van der Waals surface area contributed by atoms with E-state index in [0.717, 1.165) is 16.0 Å². The molecule has 2 nitrogen and oxygen atoms in total. The third-order valence-corrected chi connectivity index (χ3v) is 3.90. The number of benzene rings is 1. The van der Waals surface area contributed by atoms with Gasteiger partial charge in [0.1, 0.15) is 0 Å². The number of nitrogens with one attached hydrogen (secondary N) is 1. The molecule has 0 amide bonds. The van der Waals surface area contributed by atoms with E-state index < -0.39 is 11.7 Å². The number of nitrogens with zero attached hydrogens (tertiary/aromatic N) is 1. The van der Waals surface area contributed by atoms with E-state index in [4.69, 9.17) is 0 Å². The summed E-state index contributed by atoms with van der Waals surface area (Å²) in [5, 5.41) is 4.06. The predicted octanol–water partition coefficient (Wildman–Crippen LogP) is 4.32. The zero-order chi connectivity index (χ0) is 14.8. The molecule has 0 spiro atoms. The molecule has 0 aliphatic rings. The van der Waals surface area contributed by atoms with Crippen LogP contribution in [-0.4, -0.2) is 4.98 Å². The van der Waals surface area contributed by atoms with Crippen LogP contribution in [0.1, 0.15) is 34.0 Å². The van der Waals surface area contributed by atoms with E-state index in [9.17, 15) is 13.2 Å². The van der Waals surface area contributed by atoms with Gasteiger partial charge in [-0.15, -0.1) is 11.3 Å². The van der Waals surface area contributed by atoms with Crippen LogP contribution < -0.4 is 5.32 Å². The Kier molecular flexibility index (Phi) is 4.45. The first-order valence-electron chi connectivity index (χ1n) is 6.18. The number of alkyl halides is 3. The van der Waals surface area contributed by atoms with Crippen molar-refractivity contribution in [2.24, 2.45) is 0 Å². The molecule has 20 heavy (non-hydrogen) atoms. The van der Waals surface area contributed by atoms with Gasteiger partial charge >= 0.3 is 6.18 Å². The molecule has 1 heterocycles. The highest BCUT2D eigenvalue weighted by atomic mass is 32.1. The number of thiazole rings is 1. The molecular formula is C14H15F3N2S. The first-order chi connectivity index (χ1) is 9.38. The Balaban J connectivity index is 2.11. The summed E-state index contributed by atoms with van der Waals surface area (Å²) in [6.45, 7) is 4.15. The Bertz CT molecular complexity index is 578. The average Bonchev–Trinajstić information content (AvgIpc) is 2.81. The van der Waals surface area contributed by atoms with Gasteiger partial charge in [0.2, 0.25) is 0 Å². The molecule has 1 aromatic heterocycles. The molecular weight excluding hydrogens is 285 g/mol. The van der Waals surface area contributed by atoms with Crippen LogP contribution in [-0.2, 0) is 12.7 Å². The molecule has 108 valence electrons. The van der Waals surface area contributed by atoms with E-state index >= 15 is 0 Å². The van der Waals surface area contributed by atoms with Crippen LogP contribution in [0.4, 0.5) is 13.2 Å². The molecule has 0 fully saturated rings. The third-order valence-electron chi connectivity index (χ3n) is 2.98. The van der Waals surface area contributed by atoms with Crippen LogP contribution in [0, 0.1) is 6.92 Å². The Morgan fingerprint density at radius 1 is 1.30 bits per heavy atom. The Hall–Kier alpha value is -1.40. The van der Waals surface area contributed by atoms with Crippen LogP contribution in [0.25, 0.3) is 0 Å². The normalized spacial score (nSPS) is 13.4. The van der Waals surface area contributed by atoms with E-state index in [1.807, 2.05) is 6.92 Å². The number of hydrogen-bond donors (Lipinski definition) is 1. The number of aryl methyl sites for hydroxylation is 1. The van der Waals surface area contributed by atoms with Crippen molar-refractivity contribution in [1.29, 1.82) is 0 Å². The summed E-state index contributed by atoms with van der Waals surface area (Å²) in [4.78, 5) is 5.14. The van der Waals surface area contributed by atoms with Crippen molar-refractivity contribution >= 4 is 11.3 Å². The molecule has 6 heteroatoms. The minimum Gasteiger partial charge on any atom is -0.305 e. The summed E-state index contributed by atoms with van der Waals surface area (Å²) in [6.07, 6.45) is -2.58. The largest absolute Gasteiger partial charge is 0.416 e.